The molecule has 2 amide bonds. The van der Waals surface area contributed by atoms with Crippen LogP contribution < -0.4 is 10.0 Å². The summed E-state index contributed by atoms with van der Waals surface area (Å²) in [6.45, 7) is 0.408. The molecule has 0 bridgehead atoms. The lowest BCUT2D eigenvalue weighted by Crippen LogP contribution is -2.36. The molecule has 94 valence electrons. The molecule has 0 radical (unpaired) electrons. The van der Waals surface area contributed by atoms with E-state index in [0.29, 0.717) is 11.6 Å². The maximum absolute atomic E-state index is 10.9. The molecule has 0 aromatic heterocycles. The van der Waals surface area contributed by atoms with Crippen molar-refractivity contribution >= 4 is 28.9 Å². The fraction of sp³-hybridized carbons (Fsp3) is 0.300. The van der Waals surface area contributed by atoms with E-state index in [0.717, 1.165) is 18.4 Å². The molecule has 0 aliphatic heterocycles. The van der Waals surface area contributed by atoms with E-state index >= 15 is 0 Å². The van der Waals surface area contributed by atoms with Crippen molar-refractivity contribution in [2.45, 2.75) is 12.8 Å². The molecule has 0 aliphatic rings. The van der Waals surface area contributed by atoms with Crippen LogP contribution in [0.2, 0.25) is 5.02 Å². The molecule has 0 spiro atoms. The fourth-order valence-electron chi connectivity index (χ4n) is 1.26. The molecule has 1 unspecified atom stereocenters. The molecule has 7 heteroatoms. The van der Waals surface area contributed by atoms with Crippen molar-refractivity contribution in [3.05, 3.63) is 34.9 Å². The number of urea groups is 1. The quantitative estimate of drug-likeness (QED) is 0.629. The monoisotopic (exact) mass is 275 g/mol. The molecule has 5 nitrogen and oxygen atoms in total. The van der Waals surface area contributed by atoms with E-state index in [9.17, 15) is 13.6 Å². The van der Waals surface area contributed by atoms with Crippen LogP contribution in [0.4, 0.5) is 4.79 Å². The topological polar surface area (TPSA) is 81.3 Å². The van der Waals surface area contributed by atoms with Crippen LogP contribution in [0.3, 0.4) is 0 Å². The van der Waals surface area contributed by atoms with Gasteiger partial charge in [-0.1, -0.05) is 23.7 Å². The van der Waals surface area contributed by atoms with Crippen LogP contribution >= 0.6 is 11.6 Å². The summed E-state index contributed by atoms with van der Waals surface area (Å²) < 4.78 is 21.9. The average Bonchev–Trinajstić information content (AvgIpc) is 2.26. The zero-order chi connectivity index (χ0) is 12.7. The highest BCUT2D eigenvalue weighted by Gasteiger charge is 1.98. The minimum Gasteiger partial charge on any atom is -0.755 e. The van der Waals surface area contributed by atoms with E-state index in [4.69, 9.17) is 11.6 Å². The SMILES string of the molecule is O=C(NCCCc1ccc(Cl)cc1)NS(=O)[O-]. The molecular weight excluding hydrogens is 264 g/mol. The summed E-state index contributed by atoms with van der Waals surface area (Å²) in [7, 11) is 0. The largest absolute Gasteiger partial charge is 0.755 e. The van der Waals surface area contributed by atoms with E-state index in [1.165, 1.54) is 0 Å². The number of nitrogens with one attached hydrogen (secondary N) is 2. The van der Waals surface area contributed by atoms with Gasteiger partial charge in [-0.2, -0.15) is 0 Å². The summed E-state index contributed by atoms with van der Waals surface area (Å²) in [5.41, 5.74) is 1.11. The second-order valence-corrected chi connectivity index (χ2v) is 4.43. The fourth-order valence-corrected chi connectivity index (χ4v) is 1.61. The first-order valence-electron chi connectivity index (χ1n) is 4.96. The van der Waals surface area contributed by atoms with E-state index in [-0.39, 0.29) is 0 Å². The molecule has 0 aliphatic carbocycles. The van der Waals surface area contributed by atoms with E-state index < -0.39 is 17.3 Å². The highest BCUT2D eigenvalue weighted by molar-refractivity contribution is 7.77. The Hall–Kier alpha value is -1.11. The maximum atomic E-state index is 10.9. The van der Waals surface area contributed by atoms with E-state index in [1.807, 2.05) is 12.1 Å². The third-order valence-electron chi connectivity index (χ3n) is 2.02. The number of amides is 2. The Morgan fingerprint density at radius 1 is 1.35 bits per heavy atom. The van der Waals surface area contributed by atoms with Crippen molar-refractivity contribution < 1.29 is 13.6 Å². The molecule has 1 aromatic rings. The summed E-state index contributed by atoms with van der Waals surface area (Å²) in [5.74, 6) is 0. The van der Waals surface area contributed by atoms with Gasteiger partial charge in [0.2, 0.25) is 0 Å². The van der Waals surface area contributed by atoms with Crippen molar-refractivity contribution in [1.29, 1.82) is 0 Å². The van der Waals surface area contributed by atoms with Gasteiger partial charge in [0, 0.05) is 22.8 Å². The van der Waals surface area contributed by atoms with Gasteiger partial charge >= 0.3 is 6.03 Å². The molecule has 0 heterocycles. The van der Waals surface area contributed by atoms with Crippen molar-refractivity contribution in [3.8, 4) is 0 Å². The third-order valence-corrected chi connectivity index (χ3v) is 2.62. The lowest BCUT2D eigenvalue weighted by molar-refractivity contribution is 0.245. The third kappa shape index (κ3) is 6.25. The molecular formula is C10H12ClN2O3S-. The number of aryl methyl sites for hydroxylation is 1. The summed E-state index contributed by atoms with van der Waals surface area (Å²) >= 11 is 3.17. The minimum atomic E-state index is -2.57. The molecule has 0 saturated carbocycles. The van der Waals surface area contributed by atoms with Crippen molar-refractivity contribution in [3.63, 3.8) is 0 Å². The number of halogens is 1. The lowest BCUT2D eigenvalue weighted by atomic mass is 10.1. The maximum Gasteiger partial charge on any atom is 0.325 e. The Morgan fingerprint density at radius 2 is 2.00 bits per heavy atom. The van der Waals surface area contributed by atoms with Gasteiger partial charge in [0.15, 0.2) is 0 Å². The number of carbonyl (C=O) groups excluding carboxylic acids is 1. The number of rotatable bonds is 5. The van der Waals surface area contributed by atoms with Gasteiger partial charge in [-0.25, -0.2) is 4.79 Å². The van der Waals surface area contributed by atoms with Gasteiger partial charge in [0.05, 0.1) is 0 Å². The Morgan fingerprint density at radius 3 is 2.59 bits per heavy atom. The lowest BCUT2D eigenvalue weighted by Gasteiger charge is -2.08. The second kappa shape index (κ2) is 7.26. The zero-order valence-corrected chi connectivity index (χ0v) is 10.5. The van der Waals surface area contributed by atoms with Crippen molar-refractivity contribution in [1.82, 2.24) is 10.0 Å². The van der Waals surface area contributed by atoms with Gasteiger partial charge in [-0.15, -0.1) is 0 Å². The van der Waals surface area contributed by atoms with Crippen molar-refractivity contribution in [2.75, 3.05) is 6.54 Å². The van der Waals surface area contributed by atoms with Crippen LogP contribution in [0.15, 0.2) is 24.3 Å². The number of carbonyl (C=O) groups is 1. The van der Waals surface area contributed by atoms with Crippen LogP contribution in [0.25, 0.3) is 0 Å². The smallest absolute Gasteiger partial charge is 0.325 e. The Kier molecular flexibility index (Phi) is 5.96. The van der Waals surface area contributed by atoms with Crippen LogP contribution in [0.1, 0.15) is 12.0 Å². The molecule has 1 atom stereocenters. The van der Waals surface area contributed by atoms with Gasteiger partial charge in [-0.05, 0) is 30.5 Å². The van der Waals surface area contributed by atoms with Gasteiger partial charge in [0.1, 0.15) is 0 Å². The summed E-state index contributed by atoms with van der Waals surface area (Å²) in [4.78, 5) is 10.9. The first kappa shape index (κ1) is 14.0. The van der Waals surface area contributed by atoms with Gasteiger partial charge in [-0.3, -0.25) is 8.93 Å². The highest BCUT2D eigenvalue weighted by atomic mass is 35.5. The molecule has 1 rings (SSSR count). The Labute approximate surface area is 107 Å². The standard InChI is InChI=1S/C10H13ClN2O3S/c11-9-5-3-8(4-6-9)2-1-7-12-10(14)13-17(15)16/h3-6H,1-2,7H2,(H,15,16)(H2,12,13,14)/p-1. The second-order valence-electron chi connectivity index (χ2n) is 3.32. The molecule has 1 aromatic carbocycles. The average molecular weight is 276 g/mol. The molecule has 17 heavy (non-hydrogen) atoms. The van der Waals surface area contributed by atoms with E-state index in [1.54, 1.807) is 16.9 Å². The highest BCUT2D eigenvalue weighted by Crippen LogP contribution is 2.10. The predicted octanol–water partition coefficient (Wildman–Crippen LogP) is 1.37. The summed E-state index contributed by atoms with van der Waals surface area (Å²) in [6.07, 6.45) is 1.51. The van der Waals surface area contributed by atoms with Crippen LogP contribution in [0.5, 0.6) is 0 Å². The van der Waals surface area contributed by atoms with Crippen LogP contribution in [-0.4, -0.2) is 21.3 Å². The number of benzene rings is 1. The van der Waals surface area contributed by atoms with Crippen molar-refractivity contribution in [2.24, 2.45) is 0 Å². The number of hydrogen-bond acceptors (Lipinski definition) is 3. The normalized spacial score (nSPS) is 11.9. The zero-order valence-electron chi connectivity index (χ0n) is 8.94. The molecule has 0 fully saturated rings. The first-order valence-corrected chi connectivity index (χ1v) is 6.41. The predicted molar refractivity (Wildman–Crippen MR) is 65.2 cm³/mol. The molecule has 0 saturated heterocycles. The molecule has 2 N–H and O–H groups in total. The number of hydrogen-bond donors (Lipinski definition) is 2. The minimum absolute atomic E-state index is 0.408. The van der Waals surface area contributed by atoms with Gasteiger partial charge in [0.25, 0.3) is 0 Å². The Bertz CT molecular complexity index is 397. The van der Waals surface area contributed by atoms with Crippen LogP contribution in [0, 0.1) is 0 Å². The summed E-state index contributed by atoms with van der Waals surface area (Å²) in [5, 5.41) is 3.11. The first-order chi connectivity index (χ1) is 8.08. The van der Waals surface area contributed by atoms with Gasteiger partial charge < -0.3 is 9.87 Å². The summed E-state index contributed by atoms with van der Waals surface area (Å²) in [6, 6.07) is 6.72. The van der Waals surface area contributed by atoms with E-state index in [2.05, 4.69) is 5.32 Å². The Balaban J connectivity index is 2.18. The van der Waals surface area contributed by atoms with Crippen LogP contribution in [-0.2, 0) is 17.7 Å².